The number of aromatic nitrogens is 1. The van der Waals surface area contributed by atoms with E-state index in [1.807, 2.05) is 0 Å². The molecule has 2 amide bonds. The quantitative estimate of drug-likeness (QED) is 0.841. The lowest BCUT2D eigenvalue weighted by Gasteiger charge is -2.14. The highest BCUT2D eigenvalue weighted by Crippen LogP contribution is 2.31. The Kier molecular flexibility index (Phi) is 5.24. The first kappa shape index (κ1) is 17.9. The van der Waals surface area contributed by atoms with Gasteiger partial charge in [0, 0.05) is 13.1 Å². The molecule has 7 nitrogen and oxygen atoms in total. The predicted molar refractivity (Wildman–Crippen MR) is 81.6 cm³/mol. The monoisotopic (exact) mass is 362 g/mol. The van der Waals surface area contributed by atoms with Gasteiger partial charge in [-0.2, -0.15) is 0 Å². The van der Waals surface area contributed by atoms with Gasteiger partial charge in [-0.1, -0.05) is 11.3 Å². The molecule has 0 unspecified atom stereocenters. The van der Waals surface area contributed by atoms with Crippen LogP contribution in [0.5, 0.6) is 5.75 Å². The van der Waals surface area contributed by atoms with Crippen LogP contribution in [0.4, 0.5) is 18.3 Å². The van der Waals surface area contributed by atoms with Gasteiger partial charge in [0.05, 0.1) is 23.3 Å². The molecule has 3 N–H and O–H groups in total. The minimum atomic E-state index is -4.78. The van der Waals surface area contributed by atoms with E-state index in [0.717, 1.165) is 22.3 Å². The molecular weight excluding hydrogens is 349 g/mol. The van der Waals surface area contributed by atoms with Crippen LogP contribution in [-0.2, 0) is 9.59 Å². The number of nitrogens with one attached hydrogen (secondary N) is 1. The van der Waals surface area contributed by atoms with Crippen molar-refractivity contribution < 1.29 is 27.5 Å². The van der Waals surface area contributed by atoms with Crippen LogP contribution in [0, 0.1) is 0 Å². The number of alkyl halides is 3. The summed E-state index contributed by atoms with van der Waals surface area (Å²) in [5.41, 5.74) is 5.60. The summed E-state index contributed by atoms with van der Waals surface area (Å²) in [7, 11) is 1.42. The number of rotatable bonds is 5. The SMILES string of the molecule is CN(CC(=O)Nc1nc2ccc(OC(F)(F)F)cc2s1)C(=O)CN. The highest BCUT2D eigenvalue weighted by Gasteiger charge is 2.31. The third kappa shape index (κ3) is 4.80. The predicted octanol–water partition coefficient (Wildman–Crippen LogP) is 1.55. The zero-order valence-electron chi connectivity index (χ0n) is 12.4. The number of carbonyl (C=O) groups is 2. The molecule has 0 fully saturated rings. The van der Waals surface area contributed by atoms with Gasteiger partial charge in [-0.25, -0.2) is 4.98 Å². The lowest BCUT2D eigenvalue weighted by molar-refractivity contribution is -0.274. The van der Waals surface area contributed by atoms with E-state index in [1.165, 1.54) is 19.2 Å². The number of anilines is 1. The van der Waals surface area contributed by atoms with Crippen LogP contribution in [0.1, 0.15) is 0 Å². The number of hydrogen-bond acceptors (Lipinski definition) is 6. The van der Waals surface area contributed by atoms with Gasteiger partial charge in [0.25, 0.3) is 0 Å². The first-order chi connectivity index (χ1) is 11.2. The number of thiazole rings is 1. The molecule has 24 heavy (non-hydrogen) atoms. The normalized spacial score (nSPS) is 11.4. The number of likely N-dealkylation sites (N-methyl/N-ethyl adjacent to an activating group) is 1. The van der Waals surface area contributed by atoms with Crippen LogP contribution in [0.3, 0.4) is 0 Å². The number of halogens is 3. The van der Waals surface area contributed by atoms with E-state index in [-0.39, 0.29) is 24.0 Å². The number of fused-ring (bicyclic) bond motifs is 1. The fourth-order valence-electron chi connectivity index (χ4n) is 1.77. The maximum absolute atomic E-state index is 12.2. The minimum absolute atomic E-state index is 0.202. The van der Waals surface area contributed by atoms with E-state index < -0.39 is 18.2 Å². The number of benzene rings is 1. The van der Waals surface area contributed by atoms with Gasteiger partial charge >= 0.3 is 6.36 Å². The van der Waals surface area contributed by atoms with Gasteiger partial charge in [-0.15, -0.1) is 13.2 Å². The Morgan fingerprint density at radius 1 is 1.42 bits per heavy atom. The van der Waals surface area contributed by atoms with Crippen molar-refractivity contribution in [2.75, 3.05) is 25.5 Å². The summed E-state index contributed by atoms with van der Waals surface area (Å²) >= 11 is 0.988. The second-order valence-electron chi connectivity index (χ2n) is 4.70. The molecule has 0 aliphatic carbocycles. The van der Waals surface area contributed by atoms with E-state index in [0.29, 0.717) is 10.2 Å². The van der Waals surface area contributed by atoms with Crippen molar-refractivity contribution in [2.24, 2.45) is 5.73 Å². The molecule has 0 bridgehead atoms. The maximum Gasteiger partial charge on any atom is 0.573 e. The fraction of sp³-hybridized carbons (Fsp3) is 0.308. The third-order valence-corrected chi connectivity index (χ3v) is 3.75. The first-order valence-electron chi connectivity index (χ1n) is 6.58. The number of carbonyl (C=O) groups excluding carboxylic acids is 2. The van der Waals surface area contributed by atoms with E-state index in [9.17, 15) is 22.8 Å². The van der Waals surface area contributed by atoms with E-state index >= 15 is 0 Å². The number of nitrogens with two attached hydrogens (primary N) is 1. The molecule has 0 saturated carbocycles. The molecule has 0 aliphatic heterocycles. The Balaban J connectivity index is 2.08. The molecular formula is C13H13F3N4O3S. The largest absolute Gasteiger partial charge is 0.573 e. The third-order valence-electron chi connectivity index (χ3n) is 2.82. The highest BCUT2D eigenvalue weighted by molar-refractivity contribution is 7.22. The average molecular weight is 362 g/mol. The lowest BCUT2D eigenvalue weighted by atomic mass is 10.3. The topological polar surface area (TPSA) is 97.5 Å². The smallest absolute Gasteiger partial charge is 0.406 e. The molecule has 1 aromatic heterocycles. The number of hydrogen-bond donors (Lipinski definition) is 2. The van der Waals surface area contributed by atoms with Crippen LogP contribution < -0.4 is 15.8 Å². The fourth-order valence-corrected chi connectivity index (χ4v) is 2.68. The zero-order chi connectivity index (χ0) is 17.9. The Morgan fingerprint density at radius 2 is 2.12 bits per heavy atom. The Morgan fingerprint density at radius 3 is 2.75 bits per heavy atom. The number of amides is 2. The molecule has 2 rings (SSSR count). The van der Waals surface area contributed by atoms with Crippen molar-refractivity contribution in [2.45, 2.75) is 6.36 Å². The average Bonchev–Trinajstić information content (AvgIpc) is 2.85. The standard InChI is InChI=1S/C13H13F3N4O3S/c1-20(11(22)5-17)6-10(21)19-12-18-8-3-2-7(4-9(8)24-12)23-13(14,15)16/h2-4H,5-6,17H2,1H3,(H,18,19,21). The van der Waals surface area contributed by atoms with Gasteiger partial charge in [-0.3, -0.25) is 9.59 Å². The van der Waals surface area contributed by atoms with Gasteiger partial charge in [0.15, 0.2) is 5.13 Å². The summed E-state index contributed by atoms with van der Waals surface area (Å²) < 4.78 is 40.8. The molecule has 0 saturated heterocycles. The van der Waals surface area contributed by atoms with Crippen molar-refractivity contribution in [1.82, 2.24) is 9.88 Å². The molecule has 0 spiro atoms. The summed E-state index contributed by atoms with van der Waals surface area (Å²) in [6.07, 6.45) is -4.78. The van der Waals surface area contributed by atoms with Crippen molar-refractivity contribution in [1.29, 1.82) is 0 Å². The van der Waals surface area contributed by atoms with Gasteiger partial charge in [0.1, 0.15) is 5.75 Å². The van der Waals surface area contributed by atoms with Crippen LogP contribution in [0.25, 0.3) is 10.2 Å². The number of nitrogens with zero attached hydrogens (tertiary/aromatic N) is 2. The maximum atomic E-state index is 12.2. The molecule has 1 aromatic carbocycles. The Bertz CT molecular complexity index is 762. The molecule has 0 aliphatic rings. The first-order valence-corrected chi connectivity index (χ1v) is 7.40. The minimum Gasteiger partial charge on any atom is -0.406 e. The van der Waals surface area contributed by atoms with Crippen LogP contribution in [0.15, 0.2) is 18.2 Å². The second-order valence-corrected chi connectivity index (χ2v) is 5.73. The molecule has 0 atom stereocenters. The van der Waals surface area contributed by atoms with Crippen molar-refractivity contribution in [3.8, 4) is 5.75 Å². The highest BCUT2D eigenvalue weighted by atomic mass is 32.1. The van der Waals surface area contributed by atoms with Crippen molar-refractivity contribution >= 4 is 38.5 Å². The lowest BCUT2D eigenvalue weighted by Crippen LogP contribution is -2.38. The van der Waals surface area contributed by atoms with Gasteiger partial charge in [-0.05, 0) is 12.1 Å². The number of ether oxygens (including phenoxy) is 1. The van der Waals surface area contributed by atoms with E-state index in [1.54, 1.807) is 0 Å². The summed E-state index contributed by atoms with van der Waals surface area (Å²) in [6, 6.07) is 3.67. The Labute approximate surface area is 138 Å². The molecule has 1 heterocycles. The van der Waals surface area contributed by atoms with Gasteiger partial charge in [0.2, 0.25) is 11.8 Å². The molecule has 130 valence electrons. The molecule has 0 radical (unpaired) electrons. The van der Waals surface area contributed by atoms with Crippen LogP contribution >= 0.6 is 11.3 Å². The summed E-state index contributed by atoms with van der Waals surface area (Å²) in [4.78, 5) is 28.4. The van der Waals surface area contributed by atoms with Crippen molar-refractivity contribution in [3.05, 3.63) is 18.2 Å². The molecule has 11 heteroatoms. The summed E-state index contributed by atoms with van der Waals surface area (Å²) in [5, 5.41) is 2.68. The zero-order valence-corrected chi connectivity index (χ0v) is 13.2. The van der Waals surface area contributed by atoms with Crippen LogP contribution in [-0.4, -0.2) is 48.2 Å². The van der Waals surface area contributed by atoms with E-state index in [2.05, 4.69) is 15.0 Å². The van der Waals surface area contributed by atoms with Gasteiger partial charge < -0.3 is 20.7 Å². The second kappa shape index (κ2) is 7.01. The summed E-state index contributed by atoms with van der Waals surface area (Å²) in [6.45, 7) is -0.429. The van der Waals surface area contributed by atoms with E-state index in [4.69, 9.17) is 5.73 Å². The molecule has 2 aromatic rings. The van der Waals surface area contributed by atoms with Crippen LogP contribution in [0.2, 0.25) is 0 Å². The van der Waals surface area contributed by atoms with Crippen molar-refractivity contribution in [3.63, 3.8) is 0 Å². The Hall–Kier alpha value is -2.40. The summed E-state index contributed by atoms with van der Waals surface area (Å²) in [5.74, 6) is -1.27.